The van der Waals surface area contributed by atoms with Crippen molar-refractivity contribution in [2.24, 2.45) is 0 Å². The van der Waals surface area contributed by atoms with Crippen LogP contribution in [0.1, 0.15) is 27.0 Å². The van der Waals surface area contributed by atoms with Crippen molar-refractivity contribution in [2.45, 2.75) is 5.60 Å². The van der Waals surface area contributed by atoms with Crippen molar-refractivity contribution < 1.29 is 33.6 Å². The van der Waals surface area contributed by atoms with E-state index in [2.05, 4.69) is 0 Å². The Hall–Kier alpha value is -5.11. The lowest BCUT2D eigenvalue weighted by Crippen LogP contribution is -2.34. The third-order valence-electron chi connectivity index (χ3n) is 7.94. The Morgan fingerprint density at radius 2 is 1.40 bits per heavy atom. The van der Waals surface area contributed by atoms with E-state index < -0.39 is 11.6 Å². The Labute approximate surface area is 262 Å². The number of methoxy groups -OCH3 is 2. The third-order valence-corrected chi connectivity index (χ3v) is 7.94. The number of carbonyl (C=O) groups is 1. The Balaban J connectivity index is 1.62. The molecule has 1 N–H and O–H groups in total. The topological polar surface area (TPSA) is 83.5 Å². The van der Waals surface area contributed by atoms with E-state index in [0.717, 1.165) is 27.5 Å². The van der Waals surface area contributed by atoms with Crippen LogP contribution in [-0.2, 0) is 15.1 Å². The summed E-state index contributed by atoms with van der Waals surface area (Å²) in [5.74, 6) is 1.39. The number of rotatable bonds is 11. The third kappa shape index (κ3) is 5.76. The normalized spacial score (nSPS) is 13.1. The number of esters is 1. The summed E-state index contributed by atoms with van der Waals surface area (Å²) in [6.45, 7) is 0.247. The molecule has 0 radical (unpaired) electrons. The first-order valence-electron chi connectivity index (χ1n) is 14.8. The van der Waals surface area contributed by atoms with Crippen LogP contribution in [0, 0.1) is 0 Å². The van der Waals surface area contributed by atoms with Crippen LogP contribution < -0.4 is 14.2 Å². The summed E-state index contributed by atoms with van der Waals surface area (Å²) in [5, 5.41) is 10.6. The van der Waals surface area contributed by atoms with Gasteiger partial charge in [0.1, 0.15) is 23.9 Å². The fraction of sp³-hybridized carbons (Fsp3) is 0.184. The predicted molar refractivity (Wildman–Crippen MR) is 174 cm³/mol. The molecule has 0 fully saturated rings. The van der Waals surface area contributed by atoms with Gasteiger partial charge < -0.3 is 28.8 Å². The fourth-order valence-electron chi connectivity index (χ4n) is 5.80. The summed E-state index contributed by atoms with van der Waals surface area (Å²) in [6.07, 6.45) is 3.97. The maximum Gasteiger partial charge on any atom is 0.339 e. The molecular weight excluding hydrogens is 568 g/mol. The molecule has 7 nitrogen and oxygen atoms in total. The average molecular weight is 603 g/mol. The molecule has 1 heterocycles. The van der Waals surface area contributed by atoms with Crippen LogP contribution >= 0.6 is 0 Å². The van der Waals surface area contributed by atoms with Gasteiger partial charge in [-0.3, -0.25) is 0 Å². The lowest BCUT2D eigenvalue weighted by molar-refractivity contribution is 0.0258. The van der Waals surface area contributed by atoms with Crippen LogP contribution in [0.25, 0.3) is 28.0 Å². The molecule has 0 aliphatic carbocycles. The molecule has 0 unspecified atom stereocenters. The van der Waals surface area contributed by atoms with Gasteiger partial charge in [-0.25, -0.2) is 4.79 Å². The number of aliphatic hydroxyl groups is 1. The highest BCUT2D eigenvalue weighted by atomic mass is 16.6. The summed E-state index contributed by atoms with van der Waals surface area (Å²) in [7, 11) is 3.24. The number of fused-ring (bicyclic) bond motifs is 3. The lowest BCUT2D eigenvalue weighted by atomic mass is 9.81. The monoisotopic (exact) mass is 602 g/mol. The predicted octanol–water partition coefficient (Wildman–Crippen LogP) is 7.04. The number of aliphatic hydroxyl groups excluding tert-OH is 1. The molecule has 0 spiro atoms. The molecule has 0 aromatic heterocycles. The molecule has 45 heavy (non-hydrogen) atoms. The number of ether oxygens (including phenoxy) is 5. The molecule has 5 aromatic rings. The second-order valence-electron chi connectivity index (χ2n) is 10.5. The van der Waals surface area contributed by atoms with E-state index in [-0.39, 0.29) is 26.4 Å². The molecule has 0 bridgehead atoms. The van der Waals surface area contributed by atoms with Gasteiger partial charge in [0.15, 0.2) is 5.60 Å². The maximum absolute atomic E-state index is 14.1. The van der Waals surface area contributed by atoms with Crippen LogP contribution in [0.5, 0.6) is 17.2 Å². The van der Waals surface area contributed by atoms with Crippen LogP contribution in [0.15, 0.2) is 109 Å². The van der Waals surface area contributed by atoms with E-state index in [1.54, 1.807) is 14.2 Å². The van der Waals surface area contributed by atoms with Crippen LogP contribution in [-0.4, -0.2) is 51.7 Å². The highest BCUT2D eigenvalue weighted by molar-refractivity contribution is 6.14. The molecule has 6 rings (SSSR count). The van der Waals surface area contributed by atoms with Gasteiger partial charge in [0, 0.05) is 27.6 Å². The zero-order valence-electron chi connectivity index (χ0n) is 25.2. The molecular formula is C38H34O7. The first-order valence-corrected chi connectivity index (χ1v) is 14.8. The molecule has 228 valence electrons. The lowest BCUT2D eigenvalue weighted by Gasteiger charge is -2.37. The molecule has 1 aliphatic heterocycles. The van der Waals surface area contributed by atoms with Crippen molar-refractivity contribution >= 4 is 22.8 Å². The molecule has 0 atom stereocenters. The van der Waals surface area contributed by atoms with Crippen molar-refractivity contribution in [1.29, 1.82) is 0 Å². The summed E-state index contributed by atoms with van der Waals surface area (Å²) >= 11 is 0. The molecule has 1 aliphatic rings. The van der Waals surface area contributed by atoms with Crippen molar-refractivity contribution in [2.75, 3.05) is 40.6 Å². The SMILES string of the molecule is COc1ccc(-c2c(C(=O)OCCOCCO)c3c(c4cc(OC)ccc24)OC(c2ccccc2)(c2ccccc2)C=C3)cc1. The zero-order chi connectivity index (χ0) is 31.2. The molecule has 5 aromatic carbocycles. The van der Waals surface area contributed by atoms with E-state index in [9.17, 15) is 4.79 Å². The second-order valence-corrected chi connectivity index (χ2v) is 10.5. The van der Waals surface area contributed by atoms with Crippen LogP contribution in [0.3, 0.4) is 0 Å². The smallest absolute Gasteiger partial charge is 0.339 e. The largest absolute Gasteiger partial charge is 0.497 e. The summed E-state index contributed by atoms with van der Waals surface area (Å²) in [6, 6.07) is 33.4. The van der Waals surface area contributed by atoms with Gasteiger partial charge in [-0.15, -0.1) is 0 Å². The van der Waals surface area contributed by atoms with Crippen LogP contribution in [0.2, 0.25) is 0 Å². The van der Waals surface area contributed by atoms with Crippen molar-refractivity contribution in [1.82, 2.24) is 0 Å². The minimum atomic E-state index is -0.966. The molecule has 0 amide bonds. The quantitative estimate of drug-likeness (QED) is 0.128. The Morgan fingerprint density at radius 3 is 2.02 bits per heavy atom. The van der Waals surface area contributed by atoms with Gasteiger partial charge in [-0.2, -0.15) is 0 Å². The van der Waals surface area contributed by atoms with Gasteiger partial charge in [0.05, 0.1) is 39.6 Å². The number of hydrogen-bond acceptors (Lipinski definition) is 7. The Morgan fingerprint density at radius 1 is 0.756 bits per heavy atom. The number of carbonyl (C=O) groups excluding carboxylic acids is 1. The zero-order valence-corrected chi connectivity index (χ0v) is 25.2. The average Bonchev–Trinajstić information content (AvgIpc) is 3.11. The minimum Gasteiger partial charge on any atom is -0.497 e. The summed E-state index contributed by atoms with van der Waals surface area (Å²) < 4.78 is 29.4. The van der Waals surface area contributed by atoms with E-state index in [4.69, 9.17) is 28.8 Å². The van der Waals surface area contributed by atoms with Crippen molar-refractivity contribution in [3.05, 3.63) is 131 Å². The fourth-order valence-corrected chi connectivity index (χ4v) is 5.80. The number of benzene rings is 5. The summed E-state index contributed by atoms with van der Waals surface area (Å²) in [5.41, 5.74) is 3.42. The van der Waals surface area contributed by atoms with Gasteiger partial charge in [-0.1, -0.05) is 72.8 Å². The molecule has 0 saturated heterocycles. The van der Waals surface area contributed by atoms with Gasteiger partial charge in [0.2, 0.25) is 0 Å². The Kier molecular flexibility index (Phi) is 8.82. The Bertz CT molecular complexity index is 1770. The van der Waals surface area contributed by atoms with Gasteiger partial charge >= 0.3 is 5.97 Å². The van der Waals surface area contributed by atoms with Gasteiger partial charge in [-0.05, 0) is 53.4 Å². The van der Waals surface area contributed by atoms with E-state index >= 15 is 0 Å². The maximum atomic E-state index is 14.1. The van der Waals surface area contributed by atoms with Crippen LogP contribution in [0.4, 0.5) is 0 Å². The van der Waals surface area contributed by atoms with E-state index in [1.807, 2.05) is 115 Å². The second kappa shape index (κ2) is 13.3. The summed E-state index contributed by atoms with van der Waals surface area (Å²) in [4.78, 5) is 14.1. The van der Waals surface area contributed by atoms with Gasteiger partial charge in [0.25, 0.3) is 0 Å². The standard InChI is InChI=1S/C38H34O7/c1-41-29-15-13-26(14-16-29)34-31-18-17-30(42-2)25-33(31)36-32(35(34)37(40)44-24-23-43-22-21-39)19-20-38(45-36,27-9-5-3-6-10-27)28-11-7-4-8-12-28/h3-20,25,39H,21-24H2,1-2H3. The molecule has 0 saturated carbocycles. The van der Waals surface area contributed by atoms with Crippen molar-refractivity contribution in [3.8, 4) is 28.4 Å². The molecule has 7 heteroatoms. The first kappa shape index (κ1) is 29.9. The number of hydrogen-bond donors (Lipinski definition) is 1. The highest BCUT2D eigenvalue weighted by Gasteiger charge is 2.40. The highest BCUT2D eigenvalue weighted by Crippen LogP contribution is 2.50. The first-order chi connectivity index (χ1) is 22.1. The van der Waals surface area contributed by atoms with Crippen molar-refractivity contribution in [3.63, 3.8) is 0 Å². The van der Waals surface area contributed by atoms with E-state index in [1.165, 1.54) is 0 Å². The van der Waals surface area contributed by atoms with E-state index in [0.29, 0.717) is 33.9 Å². The minimum absolute atomic E-state index is 0.0266.